The third kappa shape index (κ3) is 1.87. The number of rotatable bonds is 2. The predicted molar refractivity (Wildman–Crippen MR) is 51.3 cm³/mol. The van der Waals surface area contributed by atoms with Crippen molar-refractivity contribution >= 4 is 35.1 Å². The number of hydrogen-bond acceptors (Lipinski definition) is 1. The molecule has 0 heterocycles. The minimum absolute atomic E-state index is 0.391. The van der Waals surface area contributed by atoms with Crippen molar-refractivity contribution in [3.63, 3.8) is 0 Å². The average molecular weight is 201 g/mol. The number of carbonyl (C=O) groups is 1. The third-order valence-electron chi connectivity index (χ3n) is 1.43. The van der Waals surface area contributed by atoms with Crippen LogP contribution in [0.1, 0.15) is 5.56 Å². The van der Waals surface area contributed by atoms with Crippen molar-refractivity contribution in [2.24, 2.45) is 0 Å². The van der Waals surface area contributed by atoms with E-state index in [1.165, 1.54) is 5.54 Å². The molecule has 0 aliphatic rings. The van der Waals surface area contributed by atoms with Crippen LogP contribution in [0.2, 0.25) is 5.02 Å². The normalized spacial score (nSPS) is 11.3. The van der Waals surface area contributed by atoms with Crippen LogP contribution < -0.4 is 0 Å². The van der Waals surface area contributed by atoms with Crippen molar-refractivity contribution in [1.82, 2.24) is 0 Å². The molecule has 1 rings (SSSR count). The monoisotopic (exact) mass is 200 g/mol. The molecule has 0 aliphatic heterocycles. The fraction of sp³-hybridized carbons (Fsp3) is 0. The lowest BCUT2D eigenvalue weighted by Gasteiger charge is -2.00. The highest BCUT2D eigenvalue weighted by Gasteiger charge is 2.02. The summed E-state index contributed by atoms with van der Waals surface area (Å²) in [5, 5.41) is 0.525. The lowest BCUT2D eigenvalue weighted by molar-refractivity contribution is -0.103. The molecule has 0 saturated heterocycles. The summed E-state index contributed by atoms with van der Waals surface area (Å²) in [7, 11) is 0. The van der Waals surface area contributed by atoms with E-state index < -0.39 is 0 Å². The first-order valence-electron chi connectivity index (χ1n) is 3.30. The molecular formula is C9H6Cl2O. The van der Waals surface area contributed by atoms with E-state index in [0.717, 1.165) is 0 Å². The van der Waals surface area contributed by atoms with E-state index in [1.54, 1.807) is 24.3 Å². The van der Waals surface area contributed by atoms with Gasteiger partial charge < -0.3 is 0 Å². The topological polar surface area (TPSA) is 17.1 Å². The van der Waals surface area contributed by atoms with Crippen LogP contribution >= 0.6 is 23.2 Å². The molecule has 0 N–H and O–H groups in total. The standard InChI is InChI=1S/C9H6Cl2O/c10-5-7(6-12)8-3-1-2-4-9(8)11/h1-6H/b7-5+. The van der Waals surface area contributed by atoms with Crippen molar-refractivity contribution in [1.29, 1.82) is 0 Å². The second-order valence-corrected chi connectivity index (χ2v) is 2.79. The SMILES string of the molecule is O=C/C(=C\Cl)c1ccccc1Cl. The molecule has 62 valence electrons. The van der Waals surface area contributed by atoms with Crippen molar-refractivity contribution < 1.29 is 4.79 Å². The summed E-state index contributed by atoms with van der Waals surface area (Å²) in [4.78, 5) is 10.5. The Morgan fingerprint density at radius 2 is 2.00 bits per heavy atom. The maximum Gasteiger partial charge on any atom is 0.151 e. The van der Waals surface area contributed by atoms with Crippen LogP contribution in [0.25, 0.3) is 5.57 Å². The molecule has 0 fully saturated rings. The van der Waals surface area contributed by atoms with Gasteiger partial charge in [-0.25, -0.2) is 0 Å². The van der Waals surface area contributed by atoms with E-state index in [4.69, 9.17) is 23.2 Å². The Morgan fingerprint density at radius 1 is 1.33 bits per heavy atom. The zero-order chi connectivity index (χ0) is 8.97. The Balaban J connectivity index is 3.18. The van der Waals surface area contributed by atoms with Crippen LogP contribution in [0.15, 0.2) is 29.8 Å². The molecule has 0 bridgehead atoms. The van der Waals surface area contributed by atoms with Gasteiger partial charge in [-0.2, -0.15) is 0 Å². The second-order valence-electron chi connectivity index (χ2n) is 2.16. The molecule has 1 aromatic carbocycles. The summed E-state index contributed by atoms with van der Waals surface area (Å²) < 4.78 is 0. The Morgan fingerprint density at radius 3 is 2.50 bits per heavy atom. The lowest BCUT2D eigenvalue weighted by atomic mass is 10.1. The molecule has 0 atom stereocenters. The molecule has 0 radical (unpaired) electrons. The van der Waals surface area contributed by atoms with Crippen LogP contribution in [-0.4, -0.2) is 6.29 Å². The zero-order valence-electron chi connectivity index (χ0n) is 6.13. The van der Waals surface area contributed by atoms with Gasteiger partial charge in [0, 0.05) is 21.7 Å². The Hall–Kier alpha value is -0.790. The molecule has 0 aliphatic carbocycles. The molecule has 0 saturated carbocycles. The van der Waals surface area contributed by atoms with Gasteiger partial charge in [-0.05, 0) is 6.07 Å². The molecule has 0 amide bonds. The third-order valence-corrected chi connectivity index (χ3v) is 1.99. The first kappa shape index (κ1) is 9.30. The van der Waals surface area contributed by atoms with Gasteiger partial charge in [0.15, 0.2) is 6.29 Å². The lowest BCUT2D eigenvalue weighted by Crippen LogP contribution is -1.85. The highest BCUT2D eigenvalue weighted by molar-refractivity contribution is 6.36. The van der Waals surface area contributed by atoms with Gasteiger partial charge in [0.25, 0.3) is 0 Å². The van der Waals surface area contributed by atoms with Crippen molar-refractivity contribution in [2.75, 3.05) is 0 Å². The maximum atomic E-state index is 10.5. The van der Waals surface area contributed by atoms with E-state index in [-0.39, 0.29) is 0 Å². The van der Waals surface area contributed by atoms with E-state index in [0.29, 0.717) is 22.4 Å². The number of allylic oxidation sites excluding steroid dienone is 1. The van der Waals surface area contributed by atoms with Gasteiger partial charge >= 0.3 is 0 Å². The average Bonchev–Trinajstić information content (AvgIpc) is 2.10. The number of halogens is 2. The first-order valence-corrected chi connectivity index (χ1v) is 4.11. The summed E-state index contributed by atoms with van der Waals surface area (Å²) in [5.41, 5.74) is 2.26. The highest BCUT2D eigenvalue weighted by Crippen LogP contribution is 2.22. The molecule has 12 heavy (non-hydrogen) atoms. The summed E-state index contributed by atoms with van der Waals surface area (Å²) in [5.74, 6) is 0. The quantitative estimate of drug-likeness (QED) is 0.530. The van der Waals surface area contributed by atoms with Crippen LogP contribution in [0.4, 0.5) is 0 Å². The Bertz CT molecular complexity index is 318. The van der Waals surface area contributed by atoms with Gasteiger partial charge in [-0.15, -0.1) is 0 Å². The van der Waals surface area contributed by atoms with Gasteiger partial charge in [-0.3, -0.25) is 4.79 Å². The van der Waals surface area contributed by atoms with Crippen molar-refractivity contribution in [3.8, 4) is 0 Å². The fourth-order valence-corrected chi connectivity index (χ4v) is 1.26. The number of hydrogen-bond donors (Lipinski definition) is 0. The molecule has 0 spiro atoms. The van der Waals surface area contributed by atoms with E-state index in [2.05, 4.69) is 0 Å². The van der Waals surface area contributed by atoms with Crippen molar-refractivity contribution in [2.45, 2.75) is 0 Å². The summed E-state index contributed by atoms with van der Waals surface area (Å²) in [6, 6.07) is 7.04. The van der Waals surface area contributed by atoms with Crippen LogP contribution in [0.5, 0.6) is 0 Å². The molecule has 0 aromatic heterocycles. The second kappa shape index (κ2) is 4.29. The number of aldehydes is 1. The summed E-state index contributed by atoms with van der Waals surface area (Å²) in [6.07, 6.45) is 0.675. The van der Waals surface area contributed by atoms with Crippen LogP contribution in [-0.2, 0) is 4.79 Å². The molecular weight excluding hydrogens is 195 g/mol. The van der Waals surface area contributed by atoms with Gasteiger partial charge in [0.1, 0.15) is 0 Å². The minimum Gasteiger partial charge on any atom is -0.298 e. The van der Waals surface area contributed by atoms with Crippen molar-refractivity contribution in [3.05, 3.63) is 40.4 Å². The number of benzene rings is 1. The zero-order valence-corrected chi connectivity index (χ0v) is 7.64. The first-order chi connectivity index (χ1) is 5.79. The summed E-state index contributed by atoms with van der Waals surface area (Å²) in [6.45, 7) is 0. The van der Waals surface area contributed by atoms with Gasteiger partial charge in [0.05, 0.1) is 0 Å². The van der Waals surface area contributed by atoms with E-state index in [1.807, 2.05) is 0 Å². The Labute approximate surface area is 80.6 Å². The number of carbonyl (C=O) groups excluding carboxylic acids is 1. The molecule has 1 aromatic rings. The van der Waals surface area contributed by atoms with Gasteiger partial charge in [-0.1, -0.05) is 41.4 Å². The molecule has 1 nitrogen and oxygen atoms in total. The minimum atomic E-state index is 0.391. The predicted octanol–water partition coefficient (Wildman–Crippen LogP) is 3.12. The van der Waals surface area contributed by atoms with E-state index in [9.17, 15) is 4.79 Å². The van der Waals surface area contributed by atoms with Gasteiger partial charge in [0.2, 0.25) is 0 Å². The van der Waals surface area contributed by atoms with Crippen LogP contribution in [0, 0.1) is 0 Å². The smallest absolute Gasteiger partial charge is 0.151 e. The molecule has 0 unspecified atom stereocenters. The largest absolute Gasteiger partial charge is 0.298 e. The highest BCUT2D eigenvalue weighted by atomic mass is 35.5. The Kier molecular flexibility index (Phi) is 3.32. The maximum absolute atomic E-state index is 10.5. The summed E-state index contributed by atoms with van der Waals surface area (Å²) >= 11 is 11.2. The van der Waals surface area contributed by atoms with E-state index >= 15 is 0 Å². The molecule has 3 heteroatoms. The fourth-order valence-electron chi connectivity index (χ4n) is 0.843. The van der Waals surface area contributed by atoms with Crippen LogP contribution in [0.3, 0.4) is 0 Å².